The SMILES string of the molecule is CCNC(=NCC1CCN(c2ccccc2)C1)N1CCC(Oc2ccccc2)CC1.I. The van der Waals surface area contributed by atoms with Crippen LogP contribution in [0, 0.1) is 5.92 Å². The standard InChI is InChI=1S/C25H34N4O.HI/c1-2-26-25(27-19-21-13-16-29(20-21)22-9-5-3-6-10-22)28-17-14-24(15-18-28)30-23-11-7-4-8-12-23;/h3-12,21,24H,2,13-20H2,1H3,(H,26,27);1H. The molecule has 0 aliphatic carbocycles. The maximum absolute atomic E-state index is 6.15. The highest BCUT2D eigenvalue weighted by atomic mass is 127. The van der Waals surface area contributed by atoms with Crippen molar-refractivity contribution in [1.29, 1.82) is 0 Å². The number of nitrogens with zero attached hydrogens (tertiary/aromatic N) is 3. The average molecular weight is 534 g/mol. The Labute approximate surface area is 203 Å². The largest absolute Gasteiger partial charge is 0.490 e. The van der Waals surface area contributed by atoms with Gasteiger partial charge in [0.15, 0.2) is 5.96 Å². The Morgan fingerprint density at radius 2 is 1.65 bits per heavy atom. The van der Waals surface area contributed by atoms with E-state index in [0.29, 0.717) is 12.0 Å². The summed E-state index contributed by atoms with van der Waals surface area (Å²) in [6, 6.07) is 20.9. The molecule has 6 heteroatoms. The molecular formula is C25H35IN4O. The van der Waals surface area contributed by atoms with Gasteiger partial charge in [0, 0.05) is 57.8 Å². The van der Waals surface area contributed by atoms with Gasteiger partial charge in [-0.2, -0.15) is 0 Å². The van der Waals surface area contributed by atoms with E-state index in [1.165, 1.54) is 12.1 Å². The molecule has 2 fully saturated rings. The lowest BCUT2D eigenvalue weighted by molar-refractivity contribution is 0.129. The van der Waals surface area contributed by atoms with Crippen LogP contribution >= 0.6 is 24.0 Å². The fraction of sp³-hybridized carbons (Fsp3) is 0.480. The van der Waals surface area contributed by atoms with E-state index in [0.717, 1.165) is 63.8 Å². The number of para-hydroxylation sites is 2. The maximum atomic E-state index is 6.15. The molecule has 0 radical (unpaired) electrons. The van der Waals surface area contributed by atoms with Crippen LogP contribution < -0.4 is 15.0 Å². The molecule has 1 N–H and O–H groups in total. The molecule has 2 aromatic carbocycles. The lowest BCUT2D eigenvalue weighted by Crippen LogP contribution is -2.47. The highest BCUT2D eigenvalue weighted by Crippen LogP contribution is 2.24. The predicted octanol–water partition coefficient (Wildman–Crippen LogP) is 4.64. The van der Waals surface area contributed by atoms with Gasteiger partial charge in [-0.25, -0.2) is 0 Å². The minimum Gasteiger partial charge on any atom is -0.490 e. The normalized spacial score (nSPS) is 19.8. The smallest absolute Gasteiger partial charge is 0.193 e. The number of nitrogens with one attached hydrogen (secondary N) is 1. The number of benzene rings is 2. The molecule has 5 nitrogen and oxygen atoms in total. The van der Waals surface area contributed by atoms with Gasteiger partial charge in [-0.05, 0) is 43.5 Å². The highest BCUT2D eigenvalue weighted by molar-refractivity contribution is 14.0. The molecule has 31 heavy (non-hydrogen) atoms. The van der Waals surface area contributed by atoms with Crippen LogP contribution in [0.5, 0.6) is 5.75 Å². The molecule has 2 saturated heterocycles. The van der Waals surface area contributed by atoms with Crippen molar-refractivity contribution < 1.29 is 4.74 Å². The second-order valence-electron chi connectivity index (χ2n) is 8.25. The summed E-state index contributed by atoms with van der Waals surface area (Å²) in [5.74, 6) is 2.66. The first-order chi connectivity index (χ1) is 14.8. The Balaban J connectivity index is 0.00000272. The van der Waals surface area contributed by atoms with Crippen LogP contribution in [-0.4, -0.2) is 56.2 Å². The molecule has 2 aliphatic heterocycles. The number of likely N-dealkylation sites (tertiary alicyclic amines) is 1. The molecule has 1 atom stereocenters. The summed E-state index contributed by atoms with van der Waals surface area (Å²) in [4.78, 5) is 9.91. The van der Waals surface area contributed by atoms with Gasteiger partial charge in [0.2, 0.25) is 0 Å². The Kier molecular flexibility index (Phi) is 9.31. The van der Waals surface area contributed by atoms with E-state index in [2.05, 4.69) is 52.4 Å². The zero-order valence-corrected chi connectivity index (χ0v) is 20.8. The first kappa shape index (κ1) is 23.7. The number of rotatable bonds is 6. The van der Waals surface area contributed by atoms with Crippen LogP contribution in [0.2, 0.25) is 0 Å². The summed E-state index contributed by atoms with van der Waals surface area (Å²) < 4.78 is 6.15. The van der Waals surface area contributed by atoms with E-state index >= 15 is 0 Å². The number of ether oxygens (including phenoxy) is 1. The van der Waals surface area contributed by atoms with E-state index in [4.69, 9.17) is 9.73 Å². The first-order valence-corrected chi connectivity index (χ1v) is 11.4. The van der Waals surface area contributed by atoms with Gasteiger partial charge in [0.25, 0.3) is 0 Å². The van der Waals surface area contributed by atoms with Gasteiger partial charge < -0.3 is 19.9 Å². The van der Waals surface area contributed by atoms with Gasteiger partial charge in [-0.1, -0.05) is 36.4 Å². The molecule has 168 valence electrons. The molecular weight excluding hydrogens is 499 g/mol. The van der Waals surface area contributed by atoms with Crippen molar-refractivity contribution >= 4 is 35.6 Å². The summed E-state index contributed by atoms with van der Waals surface area (Å²) in [6.07, 6.45) is 3.57. The summed E-state index contributed by atoms with van der Waals surface area (Å²) in [5, 5.41) is 3.51. The number of anilines is 1. The zero-order valence-electron chi connectivity index (χ0n) is 18.5. The van der Waals surface area contributed by atoms with Crippen molar-refractivity contribution in [2.45, 2.75) is 32.3 Å². The van der Waals surface area contributed by atoms with E-state index in [1.54, 1.807) is 0 Å². The van der Waals surface area contributed by atoms with Gasteiger partial charge in [-0.15, -0.1) is 24.0 Å². The number of halogens is 1. The fourth-order valence-electron chi connectivity index (χ4n) is 4.37. The number of guanidine groups is 1. The molecule has 2 aliphatic rings. The van der Waals surface area contributed by atoms with Gasteiger partial charge in [0.05, 0.1) is 0 Å². The minimum atomic E-state index is 0. The summed E-state index contributed by atoms with van der Waals surface area (Å²) in [6.45, 7) is 8.15. The molecule has 2 aromatic rings. The molecule has 0 aromatic heterocycles. The van der Waals surface area contributed by atoms with Gasteiger partial charge in [-0.3, -0.25) is 4.99 Å². The third-order valence-corrected chi connectivity index (χ3v) is 6.03. The van der Waals surface area contributed by atoms with Crippen LogP contribution in [0.15, 0.2) is 65.7 Å². The van der Waals surface area contributed by atoms with Gasteiger partial charge in [0.1, 0.15) is 11.9 Å². The lowest BCUT2D eigenvalue weighted by atomic mass is 10.1. The quantitative estimate of drug-likeness (QED) is 0.333. The van der Waals surface area contributed by atoms with Crippen LogP contribution in [0.1, 0.15) is 26.2 Å². The monoisotopic (exact) mass is 534 g/mol. The topological polar surface area (TPSA) is 40.1 Å². The van der Waals surface area contributed by atoms with E-state index in [9.17, 15) is 0 Å². The number of aliphatic imine (C=N–C) groups is 1. The summed E-state index contributed by atoms with van der Waals surface area (Å²) in [5.41, 5.74) is 1.33. The molecule has 1 unspecified atom stereocenters. The van der Waals surface area contributed by atoms with E-state index in [1.807, 2.05) is 30.3 Å². The van der Waals surface area contributed by atoms with Gasteiger partial charge >= 0.3 is 0 Å². The Bertz CT molecular complexity index is 794. The van der Waals surface area contributed by atoms with Crippen LogP contribution in [0.25, 0.3) is 0 Å². The Morgan fingerprint density at radius 3 is 2.32 bits per heavy atom. The second-order valence-corrected chi connectivity index (χ2v) is 8.25. The van der Waals surface area contributed by atoms with Crippen molar-refractivity contribution in [2.75, 3.05) is 44.2 Å². The van der Waals surface area contributed by atoms with Crippen molar-refractivity contribution in [2.24, 2.45) is 10.9 Å². The molecule has 2 heterocycles. The lowest BCUT2D eigenvalue weighted by Gasteiger charge is -2.34. The highest BCUT2D eigenvalue weighted by Gasteiger charge is 2.25. The molecule has 0 saturated carbocycles. The van der Waals surface area contributed by atoms with Crippen molar-refractivity contribution in [3.8, 4) is 5.75 Å². The molecule has 4 rings (SSSR count). The third kappa shape index (κ3) is 6.76. The maximum Gasteiger partial charge on any atom is 0.193 e. The van der Waals surface area contributed by atoms with E-state index in [-0.39, 0.29) is 24.0 Å². The van der Waals surface area contributed by atoms with Crippen LogP contribution in [0.4, 0.5) is 5.69 Å². The zero-order chi connectivity index (χ0) is 20.6. The molecule has 0 bridgehead atoms. The third-order valence-electron chi connectivity index (χ3n) is 6.03. The number of piperidine rings is 1. The molecule has 0 amide bonds. The fourth-order valence-corrected chi connectivity index (χ4v) is 4.37. The molecule has 0 spiro atoms. The van der Waals surface area contributed by atoms with Crippen LogP contribution in [-0.2, 0) is 0 Å². The predicted molar refractivity (Wildman–Crippen MR) is 140 cm³/mol. The first-order valence-electron chi connectivity index (χ1n) is 11.4. The Morgan fingerprint density at radius 1 is 0.968 bits per heavy atom. The summed E-state index contributed by atoms with van der Waals surface area (Å²) >= 11 is 0. The van der Waals surface area contributed by atoms with Crippen molar-refractivity contribution in [1.82, 2.24) is 10.2 Å². The van der Waals surface area contributed by atoms with Crippen LogP contribution in [0.3, 0.4) is 0 Å². The Hall–Kier alpha value is -1.96. The minimum absolute atomic E-state index is 0. The van der Waals surface area contributed by atoms with Crippen molar-refractivity contribution in [3.05, 3.63) is 60.7 Å². The number of hydrogen-bond acceptors (Lipinski definition) is 3. The van der Waals surface area contributed by atoms with E-state index < -0.39 is 0 Å². The second kappa shape index (κ2) is 12.2. The number of hydrogen-bond donors (Lipinski definition) is 1. The summed E-state index contributed by atoms with van der Waals surface area (Å²) in [7, 11) is 0. The average Bonchev–Trinajstić information content (AvgIpc) is 3.28. The van der Waals surface area contributed by atoms with Crippen molar-refractivity contribution in [3.63, 3.8) is 0 Å².